The lowest BCUT2D eigenvalue weighted by Gasteiger charge is -2.46. The van der Waals surface area contributed by atoms with E-state index in [9.17, 15) is 9.18 Å². The first kappa shape index (κ1) is 23.3. The van der Waals surface area contributed by atoms with E-state index in [0.717, 1.165) is 28.9 Å². The van der Waals surface area contributed by atoms with Crippen LogP contribution in [-0.2, 0) is 11.8 Å². The Morgan fingerprint density at radius 1 is 1.15 bits per heavy atom. The molecule has 1 aromatic heterocycles. The van der Waals surface area contributed by atoms with E-state index < -0.39 is 5.82 Å². The summed E-state index contributed by atoms with van der Waals surface area (Å²) in [5.74, 6) is -0.520. The molecule has 2 aromatic carbocycles. The van der Waals surface area contributed by atoms with Crippen LogP contribution in [0.4, 0.5) is 4.39 Å². The number of amides is 1. The van der Waals surface area contributed by atoms with Crippen LogP contribution in [0.3, 0.4) is 0 Å². The molecule has 0 radical (unpaired) electrons. The van der Waals surface area contributed by atoms with Gasteiger partial charge in [0.2, 0.25) is 0 Å². The molecule has 5 rings (SSSR count). The summed E-state index contributed by atoms with van der Waals surface area (Å²) in [6, 6.07) is 10.3. The second kappa shape index (κ2) is 9.30. The molecular formula is C25H25Cl2FN4O2. The van der Waals surface area contributed by atoms with Crippen molar-refractivity contribution in [3.8, 4) is 11.1 Å². The first-order valence-electron chi connectivity index (χ1n) is 11.2. The predicted molar refractivity (Wildman–Crippen MR) is 130 cm³/mol. The zero-order chi connectivity index (χ0) is 24.0. The van der Waals surface area contributed by atoms with Gasteiger partial charge < -0.3 is 9.64 Å². The van der Waals surface area contributed by atoms with Gasteiger partial charge in [0.05, 0.1) is 40.6 Å². The SMILES string of the molecule is Cc1c(-c2cccc(C(=O)N3CCN4C[C@@H](c5ccc(F)c(Cl)c5)OC[C@@H]4C3)c2Cl)cnn1C. The number of benzene rings is 2. The van der Waals surface area contributed by atoms with Crippen LogP contribution < -0.4 is 0 Å². The molecular weight excluding hydrogens is 478 g/mol. The van der Waals surface area contributed by atoms with Crippen LogP contribution in [0.1, 0.15) is 27.7 Å². The maximum atomic E-state index is 13.5. The number of piperazine rings is 1. The normalized spacial score (nSPS) is 20.9. The molecule has 34 heavy (non-hydrogen) atoms. The summed E-state index contributed by atoms with van der Waals surface area (Å²) in [6.45, 7) is 5.00. The molecule has 0 aliphatic carbocycles. The molecule has 2 saturated heterocycles. The van der Waals surface area contributed by atoms with E-state index in [1.807, 2.05) is 31.0 Å². The quantitative estimate of drug-likeness (QED) is 0.518. The number of fused-ring (bicyclic) bond motifs is 1. The minimum absolute atomic E-state index is 0.0829. The van der Waals surface area contributed by atoms with Gasteiger partial charge >= 0.3 is 0 Å². The van der Waals surface area contributed by atoms with Gasteiger partial charge in [-0.05, 0) is 30.7 Å². The fourth-order valence-corrected chi connectivity index (χ4v) is 5.22. The molecule has 1 amide bonds. The minimum atomic E-state index is -0.437. The largest absolute Gasteiger partial charge is 0.370 e. The van der Waals surface area contributed by atoms with E-state index in [1.54, 1.807) is 29.1 Å². The van der Waals surface area contributed by atoms with E-state index in [2.05, 4.69) is 10.00 Å². The van der Waals surface area contributed by atoms with Gasteiger partial charge in [0.1, 0.15) is 5.82 Å². The van der Waals surface area contributed by atoms with Crippen LogP contribution in [0.5, 0.6) is 0 Å². The van der Waals surface area contributed by atoms with Gasteiger partial charge in [-0.1, -0.05) is 41.4 Å². The first-order valence-corrected chi connectivity index (χ1v) is 12.0. The molecule has 6 nitrogen and oxygen atoms in total. The van der Waals surface area contributed by atoms with E-state index in [-0.39, 0.29) is 23.1 Å². The molecule has 2 atom stereocenters. The Morgan fingerprint density at radius 2 is 1.97 bits per heavy atom. The molecule has 2 aliphatic rings. The zero-order valence-corrected chi connectivity index (χ0v) is 20.5. The molecule has 9 heteroatoms. The van der Waals surface area contributed by atoms with Crippen molar-refractivity contribution in [3.05, 3.63) is 75.3 Å². The highest BCUT2D eigenvalue weighted by Gasteiger charge is 2.36. The average Bonchev–Trinajstić information content (AvgIpc) is 3.17. The maximum Gasteiger partial charge on any atom is 0.255 e. The van der Waals surface area contributed by atoms with Gasteiger partial charge in [-0.3, -0.25) is 14.4 Å². The smallest absolute Gasteiger partial charge is 0.255 e. The standard InChI is InChI=1S/C25H25Cl2FN4O2/c1-15-20(11-29-30(15)2)18-4-3-5-19(24(18)27)25(33)32-9-8-31-13-23(34-14-17(31)12-32)16-6-7-22(28)21(26)10-16/h3-7,10-11,17,23H,8-9,12-14H2,1-2H3/t17-,23-/m0/s1. The number of nitrogens with zero attached hydrogens (tertiary/aromatic N) is 4. The second-order valence-corrected chi connectivity index (χ2v) is 9.61. The van der Waals surface area contributed by atoms with Crippen molar-refractivity contribution in [1.29, 1.82) is 0 Å². The molecule has 2 fully saturated rings. The molecule has 0 unspecified atom stereocenters. The van der Waals surface area contributed by atoms with Gasteiger partial charge in [0.15, 0.2) is 0 Å². The van der Waals surface area contributed by atoms with Crippen molar-refractivity contribution in [3.63, 3.8) is 0 Å². The lowest BCUT2D eigenvalue weighted by atomic mass is 10.0. The van der Waals surface area contributed by atoms with Gasteiger partial charge in [-0.2, -0.15) is 5.10 Å². The maximum absolute atomic E-state index is 13.5. The predicted octanol–water partition coefficient (Wildman–Crippen LogP) is 4.74. The van der Waals surface area contributed by atoms with Crippen LogP contribution >= 0.6 is 23.2 Å². The van der Waals surface area contributed by atoms with Gasteiger partial charge in [-0.15, -0.1) is 0 Å². The topological polar surface area (TPSA) is 50.6 Å². The Kier molecular flexibility index (Phi) is 6.37. The highest BCUT2D eigenvalue weighted by molar-refractivity contribution is 6.36. The number of hydrogen-bond donors (Lipinski definition) is 0. The molecule has 0 spiro atoms. The summed E-state index contributed by atoms with van der Waals surface area (Å²) in [6.07, 6.45) is 1.60. The molecule has 178 valence electrons. The van der Waals surface area contributed by atoms with Crippen molar-refractivity contribution in [1.82, 2.24) is 19.6 Å². The van der Waals surface area contributed by atoms with Gasteiger partial charge in [-0.25, -0.2) is 4.39 Å². The monoisotopic (exact) mass is 502 g/mol. The number of carbonyl (C=O) groups is 1. The van der Waals surface area contributed by atoms with Crippen molar-refractivity contribution in [2.24, 2.45) is 7.05 Å². The summed E-state index contributed by atoms with van der Waals surface area (Å²) in [5, 5.41) is 4.84. The van der Waals surface area contributed by atoms with Crippen molar-refractivity contribution in [2.75, 3.05) is 32.8 Å². The fraction of sp³-hybridized carbons (Fsp3) is 0.360. The Balaban J connectivity index is 1.30. The Bertz CT molecular complexity index is 1250. The fourth-order valence-electron chi connectivity index (χ4n) is 4.72. The van der Waals surface area contributed by atoms with Crippen molar-refractivity contribution in [2.45, 2.75) is 19.1 Å². The van der Waals surface area contributed by atoms with Gasteiger partial charge in [0.25, 0.3) is 5.91 Å². The average molecular weight is 503 g/mol. The summed E-state index contributed by atoms with van der Waals surface area (Å²) < 4.78 is 21.4. The molecule has 0 saturated carbocycles. The summed E-state index contributed by atoms with van der Waals surface area (Å²) in [5.41, 5.74) is 4.05. The number of aryl methyl sites for hydroxylation is 1. The van der Waals surface area contributed by atoms with Crippen molar-refractivity contribution < 1.29 is 13.9 Å². The van der Waals surface area contributed by atoms with E-state index in [0.29, 0.717) is 36.8 Å². The highest BCUT2D eigenvalue weighted by atomic mass is 35.5. The number of aromatic nitrogens is 2. The first-order chi connectivity index (χ1) is 16.3. The number of halogens is 3. The summed E-state index contributed by atoms with van der Waals surface area (Å²) >= 11 is 12.7. The Morgan fingerprint density at radius 3 is 2.71 bits per heavy atom. The third kappa shape index (κ3) is 4.22. The molecule has 0 bridgehead atoms. The number of rotatable bonds is 3. The van der Waals surface area contributed by atoms with E-state index in [4.69, 9.17) is 27.9 Å². The number of morpholine rings is 1. The summed E-state index contributed by atoms with van der Waals surface area (Å²) in [7, 11) is 1.88. The number of hydrogen-bond acceptors (Lipinski definition) is 4. The zero-order valence-electron chi connectivity index (χ0n) is 19.0. The van der Waals surface area contributed by atoms with E-state index in [1.165, 1.54) is 6.07 Å². The Labute approximate surface area is 207 Å². The lowest BCUT2D eigenvalue weighted by molar-refractivity contribution is -0.0858. The molecule has 0 N–H and O–H groups in total. The van der Waals surface area contributed by atoms with Crippen LogP contribution in [-0.4, -0.2) is 64.3 Å². The number of carbonyl (C=O) groups excluding carboxylic acids is 1. The lowest BCUT2D eigenvalue weighted by Crippen LogP contribution is -2.59. The molecule has 2 aliphatic heterocycles. The third-order valence-electron chi connectivity index (χ3n) is 6.85. The van der Waals surface area contributed by atoms with Crippen molar-refractivity contribution >= 4 is 29.1 Å². The second-order valence-electron chi connectivity index (χ2n) is 8.83. The number of ether oxygens (including phenoxy) is 1. The summed E-state index contributed by atoms with van der Waals surface area (Å²) in [4.78, 5) is 17.6. The Hall–Kier alpha value is -2.45. The van der Waals surface area contributed by atoms with Crippen LogP contribution in [0.15, 0.2) is 42.6 Å². The minimum Gasteiger partial charge on any atom is -0.370 e. The third-order valence-corrected chi connectivity index (χ3v) is 7.55. The van der Waals surface area contributed by atoms with Crippen LogP contribution in [0, 0.1) is 12.7 Å². The van der Waals surface area contributed by atoms with E-state index >= 15 is 0 Å². The van der Waals surface area contributed by atoms with Crippen LogP contribution in [0.2, 0.25) is 10.0 Å². The molecule has 3 heterocycles. The van der Waals surface area contributed by atoms with Gasteiger partial charge in [0, 0.05) is 50.0 Å². The highest BCUT2D eigenvalue weighted by Crippen LogP contribution is 2.34. The molecule has 3 aromatic rings. The van der Waals surface area contributed by atoms with Crippen LogP contribution in [0.25, 0.3) is 11.1 Å².